The third-order valence-electron chi connectivity index (χ3n) is 2.25. The van der Waals surface area contributed by atoms with Crippen LogP contribution in [0.3, 0.4) is 0 Å². The number of ether oxygens (including phenoxy) is 2. The van der Waals surface area contributed by atoms with Gasteiger partial charge >= 0.3 is 5.97 Å². The van der Waals surface area contributed by atoms with E-state index in [1.165, 1.54) is 7.11 Å². The summed E-state index contributed by atoms with van der Waals surface area (Å²) in [4.78, 5) is 11.6. The van der Waals surface area contributed by atoms with E-state index in [4.69, 9.17) is 20.3 Å². The van der Waals surface area contributed by atoms with E-state index < -0.39 is 5.97 Å². The lowest BCUT2D eigenvalue weighted by Gasteiger charge is -2.07. The first-order valence-electron chi connectivity index (χ1n) is 5.40. The van der Waals surface area contributed by atoms with Gasteiger partial charge in [-0.3, -0.25) is 0 Å². The first-order chi connectivity index (χ1) is 8.19. The van der Waals surface area contributed by atoms with Crippen LogP contribution in [0.4, 0.5) is 5.69 Å². The van der Waals surface area contributed by atoms with Gasteiger partial charge in [0.05, 0.1) is 25.0 Å². The zero-order chi connectivity index (χ0) is 12.7. The Morgan fingerprint density at radius 3 is 2.82 bits per heavy atom. The van der Waals surface area contributed by atoms with Crippen molar-refractivity contribution in [1.29, 1.82) is 0 Å². The molecule has 0 unspecified atom stereocenters. The molecule has 0 aliphatic carbocycles. The SMILES string of the molecule is COc1cc(C(=O)OCCCCO)ccc1N. The van der Waals surface area contributed by atoms with Gasteiger partial charge in [-0.1, -0.05) is 0 Å². The van der Waals surface area contributed by atoms with Crippen LogP contribution in [0.1, 0.15) is 23.2 Å². The molecule has 0 aliphatic rings. The third kappa shape index (κ3) is 3.96. The molecule has 0 radical (unpaired) electrons. The maximum Gasteiger partial charge on any atom is 0.338 e. The normalized spacial score (nSPS) is 10.0. The molecule has 0 aliphatic heterocycles. The maximum atomic E-state index is 11.6. The first-order valence-corrected chi connectivity index (χ1v) is 5.40. The number of carbonyl (C=O) groups excluding carboxylic acids is 1. The fourth-order valence-corrected chi connectivity index (χ4v) is 1.30. The molecule has 17 heavy (non-hydrogen) atoms. The number of methoxy groups -OCH3 is 1. The summed E-state index contributed by atoms with van der Waals surface area (Å²) < 4.78 is 10.0. The lowest BCUT2D eigenvalue weighted by Crippen LogP contribution is -2.07. The Hall–Kier alpha value is -1.75. The number of rotatable bonds is 6. The summed E-state index contributed by atoms with van der Waals surface area (Å²) >= 11 is 0. The highest BCUT2D eigenvalue weighted by atomic mass is 16.5. The van der Waals surface area contributed by atoms with Gasteiger partial charge in [-0.05, 0) is 31.0 Å². The van der Waals surface area contributed by atoms with Crippen LogP contribution in [-0.4, -0.2) is 31.4 Å². The molecular weight excluding hydrogens is 222 g/mol. The van der Waals surface area contributed by atoms with Gasteiger partial charge < -0.3 is 20.3 Å². The monoisotopic (exact) mass is 239 g/mol. The number of nitrogen functional groups attached to an aromatic ring is 1. The van der Waals surface area contributed by atoms with E-state index in [0.29, 0.717) is 36.4 Å². The van der Waals surface area contributed by atoms with Crippen LogP contribution in [-0.2, 0) is 4.74 Å². The number of hydrogen-bond acceptors (Lipinski definition) is 5. The van der Waals surface area contributed by atoms with E-state index in [2.05, 4.69) is 0 Å². The number of unbranched alkanes of at least 4 members (excludes halogenated alkanes) is 1. The van der Waals surface area contributed by atoms with E-state index in [-0.39, 0.29) is 6.61 Å². The van der Waals surface area contributed by atoms with Crippen molar-refractivity contribution >= 4 is 11.7 Å². The number of aliphatic hydroxyl groups is 1. The average Bonchev–Trinajstić information content (AvgIpc) is 2.35. The van der Waals surface area contributed by atoms with Crippen LogP contribution in [0.15, 0.2) is 18.2 Å². The molecular formula is C12H17NO4. The highest BCUT2D eigenvalue weighted by Crippen LogP contribution is 2.22. The third-order valence-corrected chi connectivity index (χ3v) is 2.25. The predicted octanol–water partition coefficient (Wildman–Crippen LogP) is 1.21. The summed E-state index contributed by atoms with van der Waals surface area (Å²) in [7, 11) is 1.49. The maximum absolute atomic E-state index is 11.6. The van der Waals surface area contributed by atoms with Crippen LogP contribution in [0.25, 0.3) is 0 Å². The number of aliphatic hydroxyl groups excluding tert-OH is 1. The van der Waals surface area contributed by atoms with E-state index in [0.717, 1.165) is 0 Å². The van der Waals surface area contributed by atoms with E-state index in [1.54, 1.807) is 18.2 Å². The minimum Gasteiger partial charge on any atom is -0.495 e. The molecule has 1 aromatic rings. The minimum atomic E-state index is -0.416. The second-order valence-electron chi connectivity index (χ2n) is 3.52. The number of esters is 1. The molecule has 0 aromatic heterocycles. The Bertz CT molecular complexity index is 379. The van der Waals surface area contributed by atoms with Crippen LogP contribution in [0.2, 0.25) is 0 Å². The molecule has 0 saturated heterocycles. The van der Waals surface area contributed by atoms with Crippen molar-refractivity contribution in [2.75, 3.05) is 26.1 Å². The number of carbonyl (C=O) groups is 1. The Morgan fingerprint density at radius 2 is 2.18 bits per heavy atom. The molecule has 0 bridgehead atoms. The van der Waals surface area contributed by atoms with Crippen molar-refractivity contribution in [1.82, 2.24) is 0 Å². The molecule has 0 heterocycles. The summed E-state index contributed by atoms with van der Waals surface area (Å²) in [6, 6.07) is 4.74. The van der Waals surface area contributed by atoms with E-state index >= 15 is 0 Å². The lowest BCUT2D eigenvalue weighted by atomic mass is 10.2. The van der Waals surface area contributed by atoms with Gasteiger partial charge in [-0.2, -0.15) is 0 Å². The van der Waals surface area contributed by atoms with Crippen LogP contribution < -0.4 is 10.5 Å². The largest absolute Gasteiger partial charge is 0.495 e. The fraction of sp³-hybridized carbons (Fsp3) is 0.417. The smallest absolute Gasteiger partial charge is 0.338 e. The summed E-state index contributed by atoms with van der Waals surface area (Å²) in [5, 5.41) is 8.58. The number of benzene rings is 1. The predicted molar refractivity (Wildman–Crippen MR) is 64.0 cm³/mol. The molecule has 3 N–H and O–H groups in total. The van der Waals surface area contributed by atoms with Gasteiger partial charge in [0.15, 0.2) is 0 Å². The van der Waals surface area contributed by atoms with Crippen LogP contribution in [0, 0.1) is 0 Å². The van der Waals surface area contributed by atoms with Gasteiger partial charge in [0.1, 0.15) is 5.75 Å². The highest BCUT2D eigenvalue weighted by molar-refractivity contribution is 5.90. The zero-order valence-corrected chi connectivity index (χ0v) is 9.81. The Balaban J connectivity index is 2.57. The molecule has 0 atom stereocenters. The number of nitrogens with two attached hydrogens (primary N) is 1. The molecule has 0 spiro atoms. The van der Waals surface area contributed by atoms with Gasteiger partial charge in [-0.15, -0.1) is 0 Å². The first kappa shape index (κ1) is 13.3. The lowest BCUT2D eigenvalue weighted by molar-refractivity contribution is 0.0492. The molecule has 0 fully saturated rings. The molecule has 5 heteroatoms. The van der Waals surface area contributed by atoms with Crippen molar-refractivity contribution in [2.45, 2.75) is 12.8 Å². The zero-order valence-electron chi connectivity index (χ0n) is 9.81. The van der Waals surface area contributed by atoms with E-state index in [1.807, 2.05) is 0 Å². The molecule has 94 valence electrons. The van der Waals surface area contributed by atoms with Gasteiger partial charge in [0, 0.05) is 6.61 Å². The second kappa shape index (κ2) is 6.75. The van der Waals surface area contributed by atoms with Gasteiger partial charge in [-0.25, -0.2) is 4.79 Å². The quantitative estimate of drug-likeness (QED) is 0.443. The highest BCUT2D eigenvalue weighted by Gasteiger charge is 2.09. The fourth-order valence-electron chi connectivity index (χ4n) is 1.30. The summed E-state index contributed by atoms with van der Waals surface area (Å²) in [6.07, 6.45) is 1.27. The van der Waals surface area contributed by atoms with Crippen molar-refractivity contribution in [3.8, 4) is 5.75 Å². The summed E-state index contributed by atoms with van der Waals surface area (Å²) in [5.74, 6) is 0.0380. The topological polar surface area (TPSA) is 81.8 Å². The van der Waals surface area contributed by atoms with Crippen LogP contribution >= 0.6 is 0 Å². The standard InChI is InChI=1S/C12H17NO4/c1-16-11-8-9(4-5-10(11)13)12(15)17-7-3-2-6-14/h4-5,8,14H,2-3,6-7,13H2,1H3. The van der Waals surface area contributed by atoms with Crippen molar-refractivity contribution < 1.29 is 19.4 Å². The Labute approximate surface area is 100 Å². The number of hydrogen-bond donors (Lipinski definition) is 2. The summed E-state index contributed by atoms with van der Waals surface area (Å²) in [5.41, 5.74) is 6.51. The molecule has 0 amide bonds. The molecule has 1 aromatic carbocycles. The Kier molecular flexibility index (Phi) is 5.29. The molecule has 5 nitrogen and oxygen atoms in total. The van der Waals surface area contributed by atoms with Gasteiger partial charge in [0.25, 0.3) is 0 Å². The minimum absolute atomic E-state index is 0.104. The summed E-state index contributed by atoms with van der Waals surface area (Å²) in [6.45, 7) is 0.402. The molecule has 0 saturated carbocycles. The molecule has 1 rings (SSSR count). The Morgan fingerprint density at radius 1 is 1.41 bits per heavy atom. The second-order valence-corrected chi connectivity index (χ2v) is 3.52. The van der Waals surface area contributed by atoms with Crippen LogP contribution in [0.5, 0.6) is 5.75 Å². The van der Waals surface area contributed by atoms with E-state index in [9.17, 15) is 4.79 Å². The van der Waals surface area contributed by atoms with Crippen molar-refractivity contribution in [2.24, 2.45) is 0 Å². The van der Waals surface area contributed by atoms with Crippen molar-refractivity contribution in [3.63, 3.8) is 0 Å². The average molecular weight is 239 g/mol. The number of anilines is 1. The van der Waals surface area contributed by atoms with Crippen molar-refractivity contribution in [3.05, 3.63) is 23.8 Å². The van der Waals surface area contributed by atoms with Gasteiger partial charge in [0.2, 0.25) is 0 Å².